The quantitative estimate of drug-likeness (QED) is 0.0841. The van der Waals surface area contributed by atoms with Crippen LogP contribution in [0.5, 0.6) is 34.5 Å². The summed E-state index contributed by atoms with van der Waals surface area (Å²) in [5.41, 5.74) is -0.694. The molecule has 0 atom stereocenters. The Kier molecular flexibility index (Phi) is 8.74. The van der Waals surface area contributed by atoms with Crippen LogP contribution in [0.2, 0.25) is 0 Å². The number of carbonyl (C=O) groups excluding carboxylic acids is 1. The molecule has 0 saturated carbocycles. The van der Waals surface area contributed by atoms with Gasteiger partial charge < -0.3 is 40.0 Å². The lowest BCUT2D eigenvalue weighted by atomic mass is 10.1. The average molecular weight is 536 g/mol. The van der Waals surface area contributed by atoms with Crippen LogP contribution >= 0.6 is 0 Å². The monoisotopic (exact) mass is 536 g/mol. The lowest BCUT2D eigenvalue weighted by molar-refractivity contribution is -0.117. The van der Waals surface area contributed by atoms with E-state index in [4.69, 9.17) is 9.15 Å². The van der Waals surface area contributed by atoms with Gasteiger partial charge in [-0.3, -0.25) is 9.59 Å². The first-order chi connectivity index (χ1) is 18.7. The zero-order valence-electron chi connectivity index (χ0n) is 20.7. The van der Waals surface area contributed by atoms with Crippen molar-refractivity contribution in [3.8, 4) is 45.8 Å². The number of rotatable bonds is 7. The molecule has 0 aliphatic heterocycles. The van der Waals surface area contributed by atoms with Gasteiger partial charge in [-0.25, -0.2) is 0 Å². The third-order valence-corrected chi connectivity index (χ3v) is 5.17. The summed E-state index contributed by atoms with van der Waals surface area (Å²) >= 11 is 0. The van der Waals surface area contributed by atoms with Crippen molar-refractivity contribution >= 4 is 28.6 Å². The Labute approximate surface area is 220 Å². The Morgan fingerprint density at radius 3 is 2.36 bits per heavy atom. The summed E-state index contributed by atoms with van der Waals surface area (Å²) in [6.45, 7) is 3.66. The maximum absolute atomic E-state index is 12.6. The number of fused-ring (bicyclic) bond motifs is 1. The molecule has 202 valence electrons. The minimum Gasteiger partial charge on any atom is -0.507 e. The molecule has 1 aromatic heterocycles. The number of phenols is 4. The number of hydrogen-bond acceptors (Lipinski definition) is 11. The number of carbonyl (C=O) groups is 1. The van der Waals surface area contributed by atoms with Crippen LogP contribution in [0, 0.1) is 4.91 Å². The maximum atomic E-state index is 12.6. The largest absolute Gasteiger partial charge is 0.507 e. The number of aromatic hydroxyl groups is 5. The summed E-state index contributed by atoms with van der Waals surface area (Å²) in [6, 6.07) is 9.91. The summed E-state index contributed by atoms with van der Waals surface area (Å²) in [6.07, 6.45) is 2.54. The first-order valence-corrected chi connectivity index (χ1v) is 11.5. The van der Waals surface area contributed by atoms with Crippen molar-refractivity contribution in [1.82, 2.24) is 5.32 Å². The number of ether oxygens (including phenoxy) is 1. The average Bonchev–Trinajstić information content (AvgIpc) is 2.92. The normalized spacial score (nSPS) is 10.6. The maximum Gasteiger partial charge on any atom is 0.246 e. The Morgan fingerprint density at radius 2 is 1.69 bits per heavy atom. The zero-order valence-corrected chi connectivity index (χ0v) is 20.7. The van der Waals surface area contributed by atoms with Gasteiger partial charge in [-0.05, 0) is 47.1 Å². The summed E-state index contributed by atoms with van der Waals surface area (Å²) in [5.74, 6) is -3.47. The summed E-state index contributed by atoms with van der Waals surface area (Å²) < 4.78 is 11.0. The predicted octanol–water partition coefficient (Wildman–Crippen LogP) is 4.58. The molecule has 0 radical (unpaired) electrons. The Morgan fingerprint density at radius 1 is 0.949 bits per heavy atom. The number of amides is 1. The summed E-state index contributed by atoms with van der Waals surface area (Å²) in [4.78, 5) is 35.2. The third-order valence-electron chi connectivity index (χ3n) is 5.17. The van der Waals surface area contributed by atoms with E-state index in [0.717, 1.165) is 24.3 Å². The van der Waals surface area contributed by atoms with Crippen LogP contribution in [0.15, 0.2) is 69.0 Å². The van der Waals surface area contributed by atoms with Gasteiger partial charge in [-0.2, -0.15) is 0 Å². The van der Waals surface area contributed by atoms with Gasteiger partial charge in [0.1, 0.15) is 33.9 Å². The smallest absolute Gasteiger partial charge is 0.246 e. The van der Waals surface area contributed by atoms with Gasteiger partial charge in [0.25, 0.3) is 0 Å². The highest BCUT2D eigenvalue weighted by Crippen LogP contribution is 2.37. The van der Waals surface area contributed by atoms with Crippen molar-refractivity contribution in [1.29, 1.82) is 0 Å². The van der Waals surface area contributed by atoms with E-state index in [9.17, 15) is 40.0 Å². The molecule has 0 saturated heterocycles. The molecule has 0 spiro atoms. The van der Waals surface area contributed by atoms with E-state index >= 15 is 0 Å². The second-order valence-electron chi connectivity index (χ2n) is 7.63. The van der Waals surface area contributed by atoms with Crippen LogP contribution in [0.25, 0.3) is 28.4 Å². The predicted molar refractivity (Wildman–Crippen MR) is 142 cm³/mol. The van der Waals surface area contributed by atoms with Gasteiger partial charge >= 0.3 is 0 Å². The first-order valence-electron chi connectivity index (χ1n) is 11.5. The number of benzene rings is 3. The molecule has 0 unspecified atom stereocenters. The van der Waals surface area contributed by atoms with Gasteiger partial charge in [0, 0.05) is 23.8 Å². The molecule has 4 rings (SSSR count). The molecule has 0 bridgehead atoms. The lowest BCUT2D eigenvalue weighted by Gasteiger charge is -2.11. The summed E-state index contributed by atoms with van der Waals surface area (Å²) in [7, 11) is 0. The minimum atomic E-state index is -0.936. The second-order valence-corrected chi connectivity index (χ2v) is 7.63. The van der Waals surface area contributed by atoms with Gasteiger partial charge in [0.15, 0.2) is 24.0 Å². The lowest BCUT2D eigenvalue weighted by Crippen LogP contribution is -2.25. The fourth-order valence-corrected chi connectivity index (χ4v) is 3.35. The van der Waals surface area contributed by atoms with E-state index in [-0.39, 0.29) is 46.2 Å². The molecule has 39 heavy (non-hydrogen) atoms. The zero-order chi connectivity index (χ0) is 28.7. The standard InChI is InChI=1S/C25H18N2O10.C2H6/c28-16-5-3-13(8-18(16)30)25-24(34)23(33)22-19(31)9-14(10-20(22)37-25)36-11-26-21(32)6-2-12-1-4-15(27-35)17(29)7-12;1-2/h1-10,28-31,34H,11H2,(H,26,32);1-2H3/b6-2+;. The SMILES string of the molecule is CC.O=Nc1ccc(/C=C/C(=O)NCOc2cc(O)c3c(=O)c(O)c(-c4ccc(O)c(O)c4)oc3c2)cc1O. The molecule has 6 N–H and O–H groups in total. The highest BCUT2D eigenvalue weighted by Gasteiger charge is 2.20. The Bertz CT molecular complexity index is 1630. The molecule has 4 aromatic rings. The van der Waals surface area contributed by atoms with Gasteiger partial charge in [0.2, 0.25) is 17.1 Å². The Hall–Kier alpha value is -5.52. The fourth-order valence-electron chi connectivity index (χ4n) is 3.35. The van der Waals surface area contributed by atoms with E-state index in [1.165, 1.54) is 36.4 Å². The van der Waals surface area contributed by atoms with E-state index in [1.807, 2.05) is 13.8 Å². The van der Waals surface area contributed by atoms with Crippen molar-refractivity contribution in [2.75, 3.05) is 6.73 Å². The van der Waals surface area contributed by atoms with E-state index < -0.39 is 34.3 Å². The molecular weight excluding hydrogens is 512 g/mol. The highest BCUT2D eigenvalue weighted by atomic mass is 16.5. The van der Waals surface area contributed by atoms with E-state index in [0.29, 0.717) is 5.56 Å². The van der Waals surface area contributed by atoms with Crippen molar-refractivity contribution in [2.45, 2.75) is 13.8 Å². The Balaban J connectivity index is 0.00000205. The van der Waals surface area contributed by atoms with Crippen LogP contribution in [0.3, 0.4) is 0 Å². The van der Waals surface area contributed by atoms with E-state index in [1.54, 1.807) is 0 Å². The van der Waals surface area contributed by atoms with Crippen LogP contribution in [-0.4, -0.2) is 38.2 Å². The molecule has 12 heteroatoms. The molecular formula is C27H24N2O10. The van der Waals surface area contributed by atoms with Crippen LogP contribution in [-0.2, 0) is 4.79 Å². The van der Waals surface area contributed by atoms with Crippen LogP contribution in [0.4, 0.5) is 5.69 Å². The van der Waals surface area contributed by atoms with Gasteiger partial charge in [0.05, 0.1) is 0 Å². The van der Waals surface area contributed by atoms with E-state index in [2.05, 4.69) is 10.5 Å². The fraction of sp³-hybridized carbons (Fsp3) is 0.111. The number of nitroso groups, excluding NO2 is 1. The van der Waals surface area contributed by atoms with Crippen molar-refractivity contribution in [3.05, 3.63) is 75.3 Å². The number of hydrogen-bond donors (Lipinski definition) is 6. The number of nitrogens with zero attached hydrogens (tertiary/aromatic N) is 1. The number of phenolic OH excluding ortho intramolecular Hbond substituents is 4. The summed E-state index contributed by atoms with van der Waals surface area (Å²) in [5, 5.41) is 54.2. The molecule has 12 nitrogen and oxygen atoms in total. The molecule has 0 fully saturated rings. The molecule has 1 amide bonds. The molecule has 3 aromatic carbocycles. The van der Waals surface area contributed by atoms with Crippen molar-refractivity contribution < 1.29 is 39.5 Å². The molecule has 0 aliphatic carbocycles. The highest BCUT2D eigenvalue weighted by molar-refractivity contribution is 5.92. The minimum absolute atomic E-state index is 0.0181. The number of nitrogens with one attached hydrogen (secondary N) is 1. The molecule has 1 heterocycles. The first kappa shape index (κ1) is 28.1. The second kappa shape index (κ2) is 12.1. The third kappa shape index (κ3) is 6.25. The van der Waals surface area contributed by atoms with Crippen LogP contribution < -0.4 is 15.5 Å². The van der Waals surface area contributed by atoms with Crippen molar-refractivity contribution in [2.24, 2.45) is 5.18 Å². The molecule has 0 aliphatic rings. The van der Waals surface area contributed by atoms with Crippen molar-refractivity contribution in [3.63, 3.8) is 0 Å². The van der Waals surface area contributed by atoms with Gasteiger partial charge in [-0.1, -0.05) is 19.9 Å². The van der Waals surface area contributed by atoms with Crippen LogP contribution in [0.1, 0.15) is 19.4 Å². The van der Waals surface area contributed by atoms with Gasteiger partial charge in [-0.15, -0.1) is 4.91 Å². The topological polar surface area (TPSA) is 199 Å².